The van der Waals surface area contributed by atoms with Gasteiger partial charge in [-0.3, -0.25) is 0 Å². The summed E-state index contributed by atoms with van der Waals surface area (Å²) in [5.41, 5.74) is 0.550. The van der Waals surface area contributed by atoms with Gasteiger partial charge in [-0.2, -0.15) is 0 Å². The van der Waals surface area contributed by atoms with Gasteiger partial charge in [-0.25, -0.2) is 4.79 Å². The molecule has 3 heteroatoms. The lowest BCUT2D eigenvalue weighted by molar-refractivity contribution is 0.204. The van der Waals surface area contributed by atoms with Crippen molar-refractivity contribution in [3.63, 3.8) is 0 Å². The first kappa shape index (κ1) is 8.85. The summed E-state index contributed by atoms with van der Waals surface area (Å²) in [6, 6.07) is 0.377. The number of amides is 2. The van der Waals surface area contributed by atoms with Crippen molar-refractivity contribution in [2.75, 3.05) is 13.1 Å². The van der Waals surface area contributed by atoms with Crippen LogP contribution in [0.5, 0.6) is 0 Å². The van der Waals surface area contributed by atoms with Gasteiger partial charge in [0.15, 0.2) is 0 Å². The maximum Gasteiger partial charge on any atom is 0.317 e. The third-order valence-corrected chi connectivity index (χ3v) is 3.09. The van der Waals surface area contributed by atoms with Gasteiger partial charge in [0, 0.05) is 19.1 Å². The predicted octanol–water partition coefficient (Wildman–Crippen LogP) is 1.59. The molecule has 13 heavy (non-hydrogen) atoms. The summed E-state index contributed by atoms with van der Waals surface area (Å²) in [7, 11) is 0. The highest BCUT2D eigenvalue weighted by molar-refractivity contribution is 5.74. The minimum Gasteiger partial charge on any atom is -0.336 e. The van der Waals surface area contributed by atoms with Crippen LogP contribution < -0.4 is 5.32 Å². The maximum atomic E-state index is 11.6. The second-order valence-corrected chi connectivity index (χ2v) is 4.78. The number of nitrogens with zero attached hydrogens (tertiary/aromatic N) is 1. The molecule has 1 spiro atoms. The molecule has 1 aliphatic heterocycles. The summed E-state index contributed by atoms with van der Waals surface area (Å²) in [6.07, 6.45) is 3.88. The Hall–Kier alpha value is -0.730. The molecule has 0 aromatic carbocycles. The van der Waals surface area contributed by atoms with E-state index < -0.39 is 0 Å². The van der Waals surface area contributed by atoms with Crippen LogP contribution in [0.15, 0.2) is 0 Å². The monoisotopic (exact) mass is 182 g/mol. The fraction of sp³-hybridized carbons (Fsp3) is 0.900. The molecular formula is C10H18N2O. The highest BCUT2D eigenvalue weighted by atomic mass is 16.2. The van der Waals surface area contributed by atoms with E-state index in [1.165, 1.54) is 19.3 Å². The lowest BCUT2D eigenvalue weighted by Gasteiger charge is -2.18. The van der Waals surface area contributed by atoms with Gasteiger partial charge in [0.2, 0.25) is 0 Å². The number of likely N-dealkylation sites (tertiary alicyclic amines) is 1. The van der Waals surface area contributed by atoms with E-state index in [1.54, 1.807) is 0 Å². The summed E-state index contributed by atoms with van der Waals surface area (Å²) >= 11 is 0. The Morgan fingerprint density at radius 2 is 2.08 bits per heavy atom. The van der Waals surface area contributed by atoms with E-state index in [0.717, 1.165) is 13.1 Å². The quantitative estimate of drug-likeness (QED) is 0.656. The van der Waals surface area contributed by atoms with Crippen molar-refractivity contribution in [3.8, 4) is 0 Å². The Kier molecular flexibility index (Phi) is 1.97. The smallest absolute Gasteiger partial charge is 0.317 e. The summed E-state index contributed by atoms with van der Waals surface area (Å²) in [6.45, 7) is 5.95. The molecule has 0 atom stereocenters. The van der Waals surface area contributed by atoms with Gasteiger partial charge in [0.1, 0.15) is 0 Å². The molecule has 2 amide bonds. The molecule has 0 unspecified atom stereocenters. The Morgan fingerprint density at radius 1 is 1.38 bits per heavy atom. The third-order valence-electron chi connectivity index (χ3n) is 3.09. The van der Waals surface area contributed by atoms with E-state index in [2.05, 4.69) is 5.32 Å². The van der Waals surface area contributed by atoms with E-state index in [-0.39, 0.29) is 12.1 Å². The average molecular weight is 182 g/mol. The van der Waals surface area contributed by atoms with Crippen LogP contribution in [0.1, 0.15) is 33.1 Å². The fourth-order valence-corrected chi connectivity index (χ4v) is 2.03. The van der Waals surface area contributed by atoms with Crippen LogP contribution in [0.2, 0.25) is 0 Å². The zero-order valence-electron chi connectivity index (χ0n) is 8.47. The Morgan fingerprint density at radius 3 is 2.54 bits per heavy atom. The molecule has 3 nitrogen and oxygen atoms in total. The Labute approximate surface area is 79.5 Å². The highest BCUT2D eigenvalue weighted by Crippen LogP contribution is 2.52. The summed E-state index contributed by atoms with van der Waals surface area (Å²) in [4.78, 5) is 13.6. The van der Waals surface area contributed by atoms with Gasteiger partial charge >= 0.3 is 6.03 Å². The van der Waals surface area contributed by atoms with Crippen molar-refractivity contribution in [2.45, 2.75) is 39.2 Å². The first-order chi connectivity index (χ1) is 6.11. The number of carbonyl (C=O) groups is 1. The van der Waals surface area contributed by atoms with Gasteiger partial charge < -0.3 is 10.2 Å². The van der Waals surface area contributed by atoms with Crippen LogP contribution in [0.25, 0.3) is 0 Å². The molecule has 2 rings (SSSR count). The lowest BCUT2D eigenvalue weighted by Crippen LogP contribution is -2.41. The van der Waals surface area contributed by atoms with Gasteiger partial charge in [-0.15, -0.1) is 0 Å². The van der Waals surface area contributed by atoms with Crippen LogP contribution in [-0.2, 0) is 0 Å². The molecule has 0 radical (unpaired) electrons. The zero-order valence-corrected chi connectivity index (χ0v) is 8.47. The highest BCUT2D eigenvalue weighted by Gasteiger charge is 2.48. The van der Waals surface area contributed by atoms with Gasteiger partial charge in [-0.1, -0.05) is 0 Å². The number of carbonyl (C=O) groups excluding carboxylic acids is 1. The summed E-state index contributed by atoms with van der Waals surface area (Å²) in [5.74, 6) is 0. The van der Waals surface area contributed by atoms with Gasteiger partial charge in [-0.05, 0) is 38.5 Å². The largest absolute Gasteiger partial charge is 0.336 e. The molecule has 1 heterocycles. The number of urea groups is 1. The molecule has 1 saturated heterocycles. The van der Waals surface area contributed by atoms with Crippen molar-refractivity contribution in [1.29, 1.82) is 0 Å². The van der Waals surface area contributed by atoms with Crippen LogP contribution in [0.3, 0.4) is 0 Å². The number of nitrogens with one attached hydrogen (secondary N) is 1. The number of hydrogen-bond acceptors (Lipinski definition) is 1. The summed E-state index contributed by atoms with van der Waals surface area (Å²) < 4.78 is 0. The molecule has 0 aromatic heterocycles. The first-order valence-corrected chi connectivity index (χ1v) is 5.17. The normalized spacial score (nSPS) is 24.1. The number of hydrogen-bond donors (Lipinski definition) is 1. The van der Waals surface area contributed by atoms with Crippen LogP contribution >= 0.6 is 0 Å². The van der Waals surface area contributed by atoms with Crippen LogP contribution in [-0.4, -0.2) is 30.1 Å². The molecule has 1 saturated carbocycles. The van der Waals surface area contributed by atoms with E-state index in [1.807, 2.05) is 18.7 Å². The van der Waals surface area contributed by atoms with E-state index in [9.17, 15) is 4.79 Å². The minimum absolute atomic E-state index is 0.124. The molecule has 1 aliphatic carbocycles. The van der Waals surface area contributed by atoms with Crippen molar-refractivity contribution in [3.05, 3.63) is 0 Å². The van der Waals surface area contributed by atoms with Crippen molar-refractivity contribution >= 4 is 6.03 Å². The number of rotatable bonds is 1. The fourth-order valence-electron chi connectivity index (χ4n) is 2.03. The van der Waals surface area contributed by atoms with Gasteiger partial charge in [0.25, 0.3) is 0 Å². The second-order valence-electron chi connectivity index (χ2n) is 4.78. The lowest BCUT2D eigenvalue weighted by atomic mass is 10.1. The molecule has 0 aromatic rings. The third kappa shape index (κ3) is 1.79. The maximum absolute atomic E-state index is 11.6. The van der Waals surface area contributed by atoms with E-state index >= 15 is 0 Å². The Balaban J connectivity index is 1.84. The van der Waals surface area contributed by atoms with Gasteiger partial charge in [0.05, 0.1) is 0 Å². The average Bonchev–Trinajstić information content (AvgIpc) is 2.59. The SMILES string of the molecule is CC(C)NC(=O)N1CCC2(CC2)C1. The first-order valence-electron chi connectivity index (χ1n) is 5.17. The predicted molar refractivity (Wildman–Crippen MR) is 51.5 cm³/mol. The van der Waals surface area contributed by atoms with E-state index in [4.69, 9.17) is 0 Å². The molecule has 2 aliphatic rings. The van der Waals surface area contributed by atoms with Crippen molar-refractivity contribution < 1.29 is 4.79 Å². The topological polar surface area (TPSA) is 32.3 Å². The van der Waals surface area contributed by atoms with Crippen LogP contribution in [0.4, 0.5) is 4.79 Å². The van der Waals surface area contributed by atoms with Crippen LogP contribution in [0, 0.1) is 5.41 Å². The van der Waals surface area contributed by atoms with E-state index in [0.29, 0.717) is 5.41 Å². The molecule has 2 fully saturated rings. The second kappa shape index (κ2) is 2.89. The molecule has 74 valence electrons. The van der Waals surface area contributed by atoms with Crippen molar-refractivity contribution in [1.82, 2.24) is 10.2 Å². The zero-order chi connectivity index (χ0) is 9.47. The van der Waals surface area contributed by atoms with Crippen molar-refractivity contribution in [2.24, 2.45) is 5.41 Å². The standard InChI is InChI=1S/C10H18N2O/c1-8(2)11-9(13)12-6-5-10(7-12)3-4-10/h8H,3-7H2,1-2H3,(H,11,13). The molecule has 1 N–H and O–H groups in total. The molecular weight excluding hydrogens is 164 g/mol. The minimum atomic E-state index is 0.124. The molecule has 0 bridgehead atoms. The summed E-state index contributed by atoms with van der Waals surface area (Å²) in [5, 5.41) is 2.94. The Bertz CT molecular complexity index is 221.